The first-order chi connectivity index (χ1) is 7.84. The summed E-state index contributed by atoms with van der Waals surface area (Å²) in [6.07, 6.45) is 8.41. The molecule has 16 heavy (non-hydrogen) atoms. The summed E-state index contributed by atoms with van der Waals surface area (Å²) in [6, 6.07) is 0.785. The van der Waals surface area contributed by atoms with Crippen LogP contribution < -0.4 is 5.32 Å². The van der Waals surface area contributed by atoms with Gasteiger partial charge in [-0.25, -0.2) is 0 Å². The predicted molar refractivity (Wildman–Crippen MR) is 73.2 cm³/mol. The molecular weight excluding hydrogens is 216 g/mol. The molecule has 0 radical (unpaired) electrons. The van der Waals surface area contributed by atoms with Crippen LogP contribution >= 0.6 is 11.8 Å². The Morgan fingerprint density at radius 3 is 2.88 bits per heavy atom. The first-order valence-corrected chi connectivity index (χ1v) is 7.93. The van der Waals surface area contributed by atoms with Crippen LogP contribution in [0.5, 0.6) is 0 Å². The molecule has 94 valence electrons. The van der Waals surface area contributed by atoms with Crippen molar-refractivity contribution in [2.24, 2.45) is 0 Å². The molecule has 2 atom stereocenters. The Hall–Kier alpha value is 0.270. The highest BCUT2D eigenvalue weighted by molar-refractivity contribution is 7.99. The van der Waals surface area contributed by atoms with E-state index in [4.69, 9.17) is 0 Å². The Balaban J connectivity index is 1.64. The summed E-state index contributed by atoms with van der Waals surface area (Å²) in [7, 11) is 2.25. The van der Waals surface area contributed by atoms with Crippen LogP contribution in [0.3, 0.4) is 0 Å². The van der Waals surface area contributed by atoms with Crippen molar-refractivity contribution < 1.29 is 0 Å². The molecule has 0 aromatic carbocycles. The van der Waals surface area contributed by atoms with Crippen LogP contribution in [0.25, 0.3) is 0 Å². The van der Waals surface area contributed by atoms with Gasteiger partial charge in [-0.15, -0.1) is 0 Å². The van der Waals surface area contributed by atoms with Gasteiger partial charge in [0.15, 0.2) is 0 Å². The second-order valence-electron chi connectivity index (χ2n) is 5.33. The fourth-order valence-electron chi connectivity index (χ4n) is 2.71. The van der Waals surface area contributed by atoms with Crippen molar-refractivity contribution in [2.75, 3.05) is 32.4 Å². The normalized spacial score (nSPS) is 33.6. The summed E-state index contributed by atoms with van der Waals surface area (Å²) in [6.45, 7) is 3.81. The van der Waals surface area contributed by atoms with E-state index in [1.54, 1.807) is 0 Å². The van der Waals surface area contributed by atoms with E-state index in [1.165, 1.54) is 63.9 Å². The number of rotatable bonds is 3. The molecule has 2 saturated heterocycles. The third-order valence-corrected chi connectivity index (χ3v) is 5.26. The van der Waals surface area contributed by atoms with E-state index < -0.39 is 0 Å². The molecule has 0 bridgehead atoms. The Morgan fingerprint density at radius 2 is 2.06 bits per heavy atom. The van der Waals surface area contributed by atoms with E-state index in [0.29, 0.717) is 0 Å². The Labute approximate surface area is 105 Å². The summed E-state index contributed by atoms with van der Waals surface area (Å²) in [4.78, 5) is 2.47. The van der Waals surface area contributed by atoms with Crippen LogP contribution in [-0.4, -0.2) is 48.6 Å². The lowest BCUT2D eigenvalue weighted by atomic mass is 10.1. The second-order valence-corrected chi connectivity index (χ2v) is 6.74. The Morgan fingerprint density at radius 1 is 1.12 bits per heavy atom. The van der Waals surface area contributed by atoms with Crippen LogP contribution in [0.15, 0.2) is 0 Å². The highest BCUT2D eigenvalue weighted by Gasteiger charge is 2.18. The van der Waals surface area contributed by atoms with Gasteiger partial charge in [-0.2, -0.15) is 11.8 Å². The molecule has 1 N–H and O–H groups in total. The Kier molecular flexibility index (Phi) is 5.46. The summed E-state index contributed by atoms with van der Waals surface area (Å²) in [5.41, 5.74) is 0. The lowest BCUT2D eigenvalue weighted by Crippen LogP contribution is -2.36. The number of nitrogens with one attached hydrogen (secondary N) is 1. The van der Waals surface area contributed by atoms with Gasteiger partial charge >= 0.3 is 0 Å². The third kappa shape index (κ3) is 4.27. The third-order valence-electron chi connectivity index (χ3n) is 3.86. The SMILES string of the molecule is CN1CCCC(NCC2CCCCS2)CC1. The van der Waals surface area contributed by atoms with E-state index in [2.05, 4.69) is 29.0 Å². The van der Waals surface area contributed by atoms with Gasteiger partial charge in [0.25, 0.3) is 0 Å². The van der Waals surface area contributed by atoms with E-state index in [9.17, 15) is 0 Å². The summed E-state index contributed by atoms with van der Waals surface area (Å²) < 4.78 is 0. The first kappa shape index (κ1) is 12.7. The van der Waals surface area contributed by atoms with Crippen LogP contribution in [0.4, 0.5) is 0 Å². The largest absolute Gasteiger partial charge is 0.313 e. The molecule has 0 spiro atoms. The minimum absolute atomic E-state index is 0.785. The average molecular weight is 242 g/mol. The fourth-order valence-corrected chi connectivity index (χ4v) is 3.96. The zero-order valence-corrected chi connectivity index (χ0v) is 11.4. The molecule has 0 amide bonds. The van der Waals surface area contributed by atoms with E-state index in [0.717, 1.165) is 11.3 Å². The highest BCUT2D eigenvalue weighted by Crippen LogP contribution is 2.24. The van der Waals surface area contributed by atoms with Crippen molar-refractivity contribution >= 4 is 11.8 Å². The van der Waals surface area contributed by atoms with Crippen molar-refractivity contribution in [1.29, 1.82) is 0 Å². The van der Waals surface area contributed by atoms with Gasteiger partial charge in [0, 0.05) is 17.8 Å². The topological polar surface area (TPSA) is 15.3 Å². The molecule has 0 aromatic heterocycles. The van der Waals surface area contributed by atoms with Crippen molar-refractivity contribution in [3.63, 3.8) is 0 Å². The monoisotopic (exact) mass is 242 g/mol. The van der Waals surface area contributed by atoms with Gasteiger partial charge < -0.3 is 10.2 Å². The minimum Gasteiger partial charge on any atom is -0.313 e. The average Bonchev–Trinajstić information content (AvgIpc) is 2.53. The molecular formula is C13H26N2S. The molecule has 0 aliphatic carbocycles. The van der Waals surface area contributed by atoms with Crippen LogP contribution in [0, 0.1) is 0 Å². The molecule has 3 heteroatoms. The zero-order chi connectivity index (χ0) is 11.2. The van der Waals surface area contributed by atoms with E-state index in [-0.39, 0.29) is 0 Å². The van der Waals surface area contributed by atoms with E-state index >= 15 is 0 Å². The molecule has 0 aromatic rings. The van der Waals surface area contributed by atoms with Crippen molar-refractivity contribution in [2.45, 2.75) is 49.8 Å². The molecule has 2 heterocycles. The minimum atomic E-state index is 0.785. The molecule has 2 unspecified atom stereocenters. The smallest absolute Gasteiger partial charge is 0.0172 e. The molecule has 2 aliphatic heterocycles. The molecule has 2 rings (SSSR count). The first-order valence-electron chi connectivity index (χ1n) is 6.88. The number of hydrogen-bond acceptors (Lipinski definition) is 3. The van der Waals surface area contributed by atoms with Gasteiger partial charge in [-0.1, -0.05) is 6.42 Å². The number of hydrogen-bond donors (Lipinski definition) is 1. The maximum absolute atomic E-state index is 3.80. The maximum atomic E-state index is 3.80. The lowest BCUT2D eigenvalue weighted by Gasteiger charge is -2.24. The number of thioether (sulfide) groups is 1. The maximum Gasteiger partial charge on any atom is 0.0172 e. The summed E-state index contributed by atoms with van der Waals surface area (Å²) in [5.74, 6) is 1.39. The predicted octanol–water partition coefficient (Wildman–Crippen LogP) is 2.35. The standard InChI is InChI=1S/C13H26N2S/c1-15-8-4-5-12(7-9-15)14-11-13-6-2-3-10-16-13/h12-14H,2-11H2,1H3. The van der Waals surface area contributed by atoms with Crippen LogP contribution in [0.1, 0.15) is 38.5 Å². The van der Waals surface area contributed by atoms with Crippen molar-refractivity contribution in [1.82, 2.24) is 10.2 Å². The van der Waals surface area contributed by atoms with Gasteiger partial charge in [-0.05, 0) is 58.0 Å². The van der Waals surface area contributed by atoms with Crippen LogP contribution in [0.2, 0.25) is 0 Å². The molecule has 2 aliphatic rings. The van der Waals surface area contributed by atoms with E-state index in [1.807, 2.05) is 0 Å². The highest BCUT2D eigenvalue weighted by atomic mass is 32.2. The zero-order valence-electron chi connectivity index (χ0n) is 10.6. The summed E-state index contributed by atoms with van der Waals surface area (Å²) in [5, 5.41) is 4.70. The molecule has 2 fully saturated rings. The number of likely N-dealkylation sites (tertiary alicyclic amines) is 1. The molecule has 0 saturated carbocycles. The molecule has 2 nitrogen and oxygen atoms in total. The quantitative estimate of drug-likeness (QED) is 0.818. The van der Waals surface area contributed by atoms with Gasteiger partial charge in [0.2, 0.25) is 0 Å². The van der Waals surface area contributed by atoms with Crippen molar-refractivity contribution in [3.8, 4) is 0 Å². The second kappa shape index (κ2) is 6.87. The summed E-state index contributed by atoms with van der Waals surface area (Å²) >= 11 is 2.18. The van der Waals surface area contributed by atoms with Crippen LogP contribution in [-0.2, 0) is 0 Å². The van der Waals surface area contributed by atoms with Crippen molar-refractivity contribution in [3.05, 3.63) is 0 Å². The lowest BCUT2D eigenvalue weighted by molar-refractivity contribution is 0.343. The van der Waals surface area contributed by atoms with Gasteiger partial charge in [0.05, 0.1) is 0 Å². The van der Waals surface area contributed by atoms with Gasteiger partial charge in [0.1, 0.15) is 0 Å². The number of nitrogens with zero attached hydrogens (tertiary/aromatic N) is 1. The van der Waals surface area contributed by atoms with Gasteiger partial charge in [-0.3, -0.25) is 0 Å². The fraction of sp³-hybridized carbons (Fsp3) is 1.00. The Bertz CT molecular complexity index is 192.